The SMILES string of the molecule is Fc1ccc(Oc2nc(Cl)nc3nc[nH]c23)cc1. The number of aromatic nitrogens is 4. The molecule has 0 aliphatic heterocycles. The van der Waals surface area contributed by atoms with Gasteiger partial charge in [0.15, 0.2) is 5.65 Å². The van der Waals surface area contributed by atoms with E-state index >= 15 is 0 Å². The second-order valence-electron chi connectivity index (χ2n) is 3.45. The number of imidazole rings is 1. The summed E-state index contributed by atoms with van der Waals surface area (Å²) in [6.07, 6.45) is 1.47. The third kappa shape index (κ3) is 1.98. The second kappa shape index (κ2) is 4.23. The number of H-pyrrole nitrogens is 1. The number of nitrogens with zero attached hydrogens (tertiary/aromatic N) is 3. The van der Waals surface area contributed by atoms with Crippen molar-refractivity contribution in [2.24, 2.45) is 0 Å². The van der Waals surface area contributed by atoms with Gasteiger partial charge >= 0.3 is 0 Å². The van der Waals surface area contributed by atoms with Crippen LogP contribution in [-0.4, -0.2) is 19.9 Å². The molecule has 0 aliphatic carbocycles. The van der Waals surface area contributed by atoms with Crippen LogP contribution in [0.1, 0.15) is 0 Å². The molecule has 0 amide bonds. The number of aromatic amines is 1. The Labute approximate surface area is 106 Å². The van der Waals surface area contributed by atoms with Gasteiger partial charge in [-0.3, -0.25) is 0 Å². The van der Waals surface area contributed by atoms with Crippen LogP contribution in [0, 0.1) is 5.82 Å². The molecule has 0 aliphatic rings. The third-order valence-electron chi connectivity index (χ3n) is 2.25. The molecule has 5 nitrogen and oxygen atoms in total. The van der Waals surface area contributed by atoms with Crippen molar-refractivity contribution in [2.75, 3.05) is 0 Å². The number of halogens is 2. The van der Waals surface area contributed by atoms with Gasteiger partial charge in [0.05, 0.1) is 6.33 Å². The predicted octanol–water partition coefficient (Wildman–Crippen LogP) is 2.94. The fourth-order valence-corrected chi connectivity index (χ4v) is 1.63. The Hall–Kier alpha value is -2.21. The van der Waals surface area contributed by atoms with Crippen molar-refractivity contribution >= 4 is 22.8 Å². The summed E-state index contributed by atoms with van der Waals surface area (Å²) < 4.78 is 18.3. The molecule has 0 saturated heterocycles. The summed E-state index contributed by atoms with van der Waals surface area (Å²) in [4.78, 5) is 14.7. The zero-order valence-electron chi connectivity index (χ0n) is 8.89. The summed E-state index contributed by atoms with van der Waals surface area (Å²) in [5.74, 6) is 0.353. The van der Waals surface area contributed by atoms with E-state index in [0.717, 1.165) is 0 Å². The molecular weight excluding hydrogens is 259 g/mol. The number of fused-ring (bicyclic) bond motifs is 1. The maximum absolute atomic E-state index is 12.8. The maximum Gasteiger partial charge on any atom is 0.250 e. The van der Waals surface area contributed by atoms with E-state index in [0.29, 0.717) is 16.9 Å². The monoisotopic (exact) mass is 264 g/mol. The number of rotatable bonds is 2. The molecule has 1 aromatic carbocycles. The first-order valence-corrected chi connectivity index (χ1v) is 5.40. The van der Waals surface area contributed by atoms with Crippen LogP contribution in [0.15, 0.2) is 30.6 Å². The fourth-order valence-electron chi connectivity index (χ4n) is 1.47. The van der Waals surface area contributed by atoms with E-state index in [-0.39, 0.29) is 17.0 Å². The molecular formula is C11H6ClFN4O. The molecule has 90 valence electrons. The van der Waals surface area contributed by atoms with Crippen molar-refractivity contribution < 1.29 is 9.13 Å². The van der Waals surface area contributed by atoms with Crippen LogP contribution in [0.4, 0.5) is 4.39 Å². The Kier molecular flexibility index (Phi) is 2.56. The molecule has 1 N–H and O–H groups in total. The Morgan fingerprint density at radius 1 is 1.17 bits per heavy atom. The van der Waals surface area contributed by atoms with Crippen LogP contribution in [0.3, 0.4) is 0 Å². The molecule has 0 bridgehead atoms. The lowest BCUT2D eigenvalue weighted by Crippen LogP contribution is -1.92. The van der Waals surface area contributed by atoms with Crippen LogP contribution in [-0.2, 0) is 0 Å². The molecule has 2 heterocycles. The van der Waals surface area contributed by atoms with Crippen LogP contribution in [0.2, 0.25) is 5.28 Å². The smallest absolute Gasteiger partial charge is 0.250 e. The topological polar surface area (TPSA) is 63.7 Å². The number of ether oxygens (including phenoxy) is 1. The van der Waals surface area contributed by atoms with E-state index in [4.69, 9.17) is 16.3 Å². The van der Waals surface area contributed by atoms with Crippen molar-refractivity contribution in [3.8, 4) is 11.6 Å². The largest absolute Gasteiger partial charge is 0.437 e. The van der Waals surface area contributed by atoms with E-state index < -0.39 is 0 Å². The van der Waals surface area contributed by atoms with Gasteiger partial charge in [-0.25, -0.2) is 9.37 Å². The van der Waals surface area contributed by atoms with Gasteiger partial charge in [-0.15, -0.1) is 0 Å². The normalized spacial score (nSPS) is 10.8. The molecule has 0 radical (unpaired) electrons. The highest BCUT2D eigenvalue weighted by Crippen LogP contribution is 2.26. The lowest BCUT2D eigenvalue weighted by atomic mass is 10.3. The summed E-state index contributed by atoms with van der Waals surface area (Å²) in [5, 5.41) is 0.0340. The van der Waals surface area contributed by atoms with E-state index in [1.54, 1.807) is 0 Å². The minimum Gasteiger partial charge on any atom is -0.437 e. The summed E-state index contributed by atoms with van der Waals surface area (Å²) in [5.41, 5.74) is 0.941. The summed E-state index contributed by atoms with van der Waals surface area (Å²) in [6.45, 7) is 0. The third-order valence-corrected chi connectivity index (χ3v) is 2.42. The highest BCUT2D eigenvalue weighted by molar-refractivity contribution is 6.28. The van der Waals surface area contributed by atoms with Crippen LogP contribution < -0.4 is 4.74 Å². The second-order valence-corrected chi connectivity index (χ2v) is 3.79. The summed E-state index contributed by atoms with van der Waals surface area (Å²) >= 11 is 5.76. The first-order valence-electron chi connectivity index (χ1n) is 5.02. The standard InChI is InChI=1S/C11H6ClFN4O/c12-11-16-9-8(14-5-15-9)10(17-11)18-7-3-1-6(13)2-4-7/h1-5H,(H,14,15,16,17). The molecule has 0 spiro atoms. The van der Waals surface area contributed by atoms with Crippen LogP contribution in [0.25, 0.3) is 11.2 Å². The average Bonchev–Trinajstić information content (AvgIpc) is 2.80. The van der Waals surface area contributed by atoms with Gasteiger partial charge < -0.3 is 9.72 Å². The van der Waals surface area contributed by atoms with E-state index in [9.17, 15) is 4.39 Å². The summed E-state index contributed by atoms with van der Waals surface area (Å²) in [7, 11) is 0. The lowest BCUT2D eigenvalue weighted by Gasteiger charge is -2.05. The molecule has 0 atom stereocenters. The number of hydrogen-bond donors (Lipinski definition) is 1. The highest BCUT2D eigenvalue weighted by atomic mass is 35.5. The zero-order valence-corrected chi connectivity index (χ0v) is 9.65. The molecule has 3 rings (SSSR count). The van der Waals surface area contributed by atoms with Crippen molar-refractivity contribution in [1.82, 2.24) is 19.9 Å². The minimum absolute atomic E-state index is 0.0340. The molecule has 2 aromatic heterocycles. The van der Waals surface area contributed by atoms with Gasteiger partial charge in [0.1, 0.15) is 17.1 Å². The molecule has 7 heteroatoms. The van der Waals surface area contributed by atoms with Gasteiger partial charge in [0.25, 0.3) is 0 Å². The Bertz CT molecular complexity index is 698. The van der Waals surface area contributed by atoms with E-state index in [1.807, 2.05) is 0 Å². The van der Waals surface area contributed by atoms with Gasteiger partial charge in [-0.05, 0) is 35.9 Å². The number of nitrogens with one attached hydrogen (secondary N) is 1. The average molecular weight is 265 g/mol. The Morgan fingerprint density at radius 2 is 1.94 bits per heavy atom. The van der Waals surface area contributed by atoms with Gasteiger partial charge in [0, 0.05) is 0 Å². The zero-order chi connectivity index (χ0) is 12.5. The van der Waals surface area contributed by atoms with Crippen molar-refractivity contribution in [3.63, 3.8) is 0 Å². The Morgan fingerprint density at radius 3 is 2.72 bits per heavy atom. The van der Waals surface area contributed by atoms with Crippen molar-refractivity contribution in [1.29, 1.82) is 0 Å². The first kappa shape index (κ1) is 10.9. The number of hydrogen-bond acceptors (Lipinski definition) is 4. The fraction of sp³-hybridized carbons (Fsp3) is 0. The van der Waals surface area contributed by atoms with E-state index in [2.05, 4.69) is 19.9 Å². The predicted molar refractivity (Wildman–Crippen MR) is 63.2 cm³/mol. The molecule has 0 fully saturated rings. The van der Waals surface area contributed by atoms with Crippen molar-refractivity contribution in [3.05, 3.63) is 41.7 Å². The van der Waals surface area contributed by atoms with Crippen LogP contribution >= 0.6 is 11.6 Å². The van der Waals surface area contributed by atoms with Gasteiger partial charge in [-0.2, -0.15) is 9.97 Å². The highest BCUT2D eigenvalue weighted by Gasteiger charge is 2.10. The molecule has 3 aromatic rings. The van der Waals surface area contributed by atoms with Crippen LogP contribution in [0.5, 0.6) is 11.6 Å². The maximum atomic E-state index is 12.8. The molecule has 0 unspecified atom stereocenters. The number of benzene rings is 1. The van der Waals surface area contributed by atoms with E-state index in [1.165, 1.54) is 30.6 Å². The minimum atomic E-state index is -0.338. The quantitative estimate of drug-likeness (QED) is 0.723. The summed E-state index contributed by atoms with van der Waals surface area (Å²) in [6, 6.07) is 5.58. The molecule has 0 saturated carbocycles. The lowest BCUT2D eigenvalue weighted by molar-refractivity contribution is 0.465. The van der Waals surface area contributed by atoms with Crippen molar-refractivity contribution in [2.45, 2.75) is 0 Å². The molecule has 18 heavy (non-hydrogen) atoms. The Balaban J connectivity index is 2.03. The van der Waals surface area contributed by atoms with Gasteiger partial charge in [-0.1, -0.05) is 0 Å². The van der Waals surface area contributed by atoms with Gasteiger partial charge in [0.2, 0.25) is 11.2 Å². The first-order chi connectivity index (χ1) is 8.72.